The minimum atomic E-state index is 0.126. The second-order valence-electron chi connectivity index (χ2n) is 5.36. The van der Waals surface area contributed by atoms with Gasteiger partial charge in [0.05, 0.1) is 6.04 Å². The summed E-state index contributed by atoms with van der Waals surface area (Å²) in [6, 6.07) is 13.1. The largest absolute Gasteiger partial charge is 0.464 e. The van der Waals surface area contributed by atoms with Gasteiger partial charge in [-0.1, -0.05) is 45.0 Å². The molecule has 0 aliphatic carbocycles. The molecule has 0 aliphatic rings. The van der Waals surface area contributed by atoms with Crippen LogP contribution in [0, 0.1) is 0 Å². The van der Waals surface area contributed by atoms with Crippen LogP contribution in [0.25, 0.3) is 0 Å². The Morgan fingerprint density at radius 2 is 1.65 bits per heavy atom. The van der Waals surface area contributed by atoms with Crippen molar-refractivity contribution >= 4 is 0 Å². The molecule has 20 heavy (non-hydrogen) atoms. The third-order valence-corrected chi connectivity index (χ3v) is 4.06. The first-order valence-electron chi connectivity index (χ1n) is 7.55. The summed E-state index contributed by atoms with van der Waals surface area (Å²) >= 11 is 0. The fraction of sp³-hybridized carbons (Fsp3) is 0.444. The van der Waals surface area contributed by atoms with Gasteiger partial charge in [0.2, 0.25) is 0 Å². The van der Waals surface area contributed by atoms with Crippen LogP contribution < -0.4 is 5.32 Å². The molecule has 0 fully saturated rings. The molecule has 0 saturated heterocycles. The molecule has 0 spiro atoms. The maximum absolute atomic E-state index is 5.88. The van der Waals surface area contributed by atoms with Crippen molar-refractivity contribution in [3.8, 4) is 0 Å². The molecule has 0 amide bonds. The van der Waals surface area contributed by atoms with Crippen molar-refractivity contribution in [2.45, 2.75) is 45.6 Å². The predicted octanol–water partition coefficient (Wildman–Crippen LogP) is 4.66. The minimum Gasteiger partial charge on any atom is -0.464 e. The Kier molecular flexibility index (Phi) is 5.02. The van der Waals surface area contributed by atoms with E-state index >= 15 is 0 Å². The van der Waals surface area contributed by atoms with Crippen molar-refractivity contribution in [3.05, 3.63) is 59.0 Å². The van der Waals surface area contributed by atoms with Crippen molar-refractivity contribution in [2.24, 2.45) is 0 Å². The zero-order valence-electron chi connectivity index (χ0n) is 12.9. The second kappa shape index (κ2) is 6.76. The van der Waals surface area contributed by atoms with Crippen LogP contribution in [-0.4, -0.2) is 7.05 Å². The molecule has 0 bridgehead atoms. The molecule has 2 unspecified atom stereocenters. The van der Waals surface area contributed by atoms with E-state index in [1.807, 2.05) is 7.05 Å². The van der Waals surface area contributed by atoms with Crippen molar-refractivity contribution in [3.63, 3.8) is 0 Å². The predicted molar refractivity (Wildman–Crippen MR) is 84.1 cm³/mol. The van der Waals surface area contributed by atoms with Crippen LogP contribution in [0.2, 0.25) is 0 Å². The average molecular weight is 271 g/mol. The second-order valence-corrected chi connectivity index (χ2v) is 5.36. The Morgan fingerprint density at radius 3 is 2.15 bits per heavy atom. The lowest BCUT2D eigenvalue weighted by molar-refractivity contribution is 0.434. The number of furan rings is 1. The highest BCUT2D eigenvalue weighted by Crippen LogP contribution is 2.26. The first-order valence-corrected chi connectivity index (χ1v) is 7.55. The molecule has 108 valence electrons. The maximum atomic E-state index is 5.88. The van der Waals surface area contributed by atoms with E-state index in [9.17, 15) is 0 Å². The van der Waals surface area contributed by atoms with E-state index in [2.05, 4.69) is 62.5 Å². The number of hydrogen-bond acceptors (Lipinski definition) is 2. The van der Waals surface area contributed by atoms with Crippen molar-refractivity contribution in [1.29, 1.82) is 0 Å². The Morgan fingerprint density at radius 1 is 1.00 bits per heavy atom. The molecule has 1 N–H and O–H groups in total. The molecule has 0 aliphatic heterocycles. The summed E-state index contributed by atoms with van der Waals surface area (Å²) in [5.41, 5.74) is 2.65. The lowest BCUT2D eigenvalue weighted by atomic mass is 9.95. The minimum absolute atomic E-state index is 0.126. The lowest BCUT2D eigenvalue weighted by Crippen LogP contribution is -2.17. The van der Waals surface area contributed by atoms with Gasteiger partial charge in [0.1, 0.15) is 11.5 Å². The van der Waals surface area contributed by atoms with E-state index in [0.717, 1.165) is 17.9 Å². The fourth-order valence-corrected chi connectivity index (χ4v) is 2.47. The van der Waals surface area contributed by atoms with E-state index in [4.69, 9.17) is 4.42 Å². The molecule has 2 nitrogen and oxygen atoms in total. The summed E-state index contributed by atoms with van der Waals surface area (Å²) in [7, 11) is 1.97. The Balaban J connectivity index is 2.23. The first-order chi connectivity index (χ1) is 9.69. The molecular weight excluding hydrogens is 246 g/mol. The van der Waals surface area contributed by atoms with E-state index in [1.165, 1.54) is 17.5 Å². The molecule has 2 aromatic rings. The number of nitrogens with one attached hydrogen (secondary N) is 1. The average Bonchev–Trinajstić information content (AvgIpc) is 2.96. The van der Waals surface area contributed by atoms with Crippen LogP contribution in [0.3, 0.4) is 0 Å². The van der Waals surface area contributed by atoms with Gasteiger partial charge in [-0.15, -0.1) is 0 Å². The molecule has 0 saturated carbocycles. The van der Waals surface area contributed by atoms with Gasteiger partial charge in [-0.05, 0) is 42.6 Å². The third-order valence-electron chi connectivity index (χ3n) is 4.06. The zero-order chi connectivity index (χ0) is 14.5. The lowest BCUT2D eigenvalue weighted by Gasteiger charge is -2.16. The van der Waals surface area contributed by atoms with Gasteiger partial charge in [-0.25, -0.2) is 0 Å². The standard InChI is InChI=1S/C18H25NO/c1-5-13(3)14-7-9-15(10-8-14)18(19-4)17-12-11-16(6-2)20-17/h7-13,18-19H,5-6H2,1-4H3. The monoisotopic (exact) mass is 271 g/mol. The Hall–Kier alpha value is -1.54. The highest BCUT2D eigenvalue weighted by atomic mass is 16.3. The SMILES string of the molecule is CCc1ccc(C(NC)c2ccc(C(C)CC)cc2)o1. The maximum Gasteiger partial charge on any atom is 0.125 e. The molecule has 1 aromatic heterocycles. The topological polar surface area (TPSA) is 25.2 Å². The van der Waals surface area contributed by atoms with Gasteiger partial charge in [0.25, 0.3) is 0 Å². The van der Waals surface area contributed by atoms with Gasteiger partial charge in [0, 0.05) is 6.42 Å². The molecule has 0 radical (unpaired) electrons. The molecule has 2 atom stereocenters. The van der Waals surface area contributed by atoms with Crippen LogP contribution in [-0.2, 0) is 6.42 Å². The Bertz CT molecular complexity index is 527. The smallest absolute Gasteiger partial charge is 0.125 e. The number of aryl methyl sites for hydroxylation is 1. The molecule has 2 rings (SSSR count). The van der Waals surface area contributed by atoms with E-state index in [-0.39, 0.29) is 6.04 Å². The van der Waals surface area contributed by atoms with Crippen LogP contribution in [0.5, 0.6) is 0 Å². The van der Waals surface area contributed by atoms with Crippen LogP contribution in [0.1, 0.15) is 61.8 Å². The Labute approximate surface area is 122 Å². The van der Waals surface area contributed by atoms with E-state index in [1.54, 1.807) is 0 Å². The van der Waals surface area contributed by atoms with Crippen molar-refractivity contribution in [2.75, 3.05) is 7.05 Å². The van der Waals surface area contributed by atoms with Crippen molar-refractivity contribution < 1.29 is 4.42 Å². The molecular formula is C18H25NO. The molecule has 1 aromatic carbocycles. The van der Waals surface area contributed by atoms with Gasteiger partial charge in [-0.3, -0.25) is 0 Å². The summed E-state index contributed by atoms with van der Waals surface area (Å²) in [4.78, 5) is 0. The van der Waals surface area contributed by atoms with Crippen LogP contribution in [0.4, 0.5) is 0 Å². The summed E-state index contributed by atoms with van der Waals surface area (Å²) in [6.45, 7) is 6.60. The van der Waals surface area contributed by atoms with E-state index < -0.39 is 0 Å². The fourth-order valence-electron chi connectivity index (χ4n) is 2.47. The summed E-state index contributed by atoms with van der Waals surface area (Å²) in [5.74, 6) is 2.64. The van der Waals surface area contributed by atoms with Crippen LogP contribution >= 0.6 is 0 Å². The zero-order valence-corrected chi connectivity index (χ0v) is 12.9. The molecule has 2 heteroatoms. The first kappa shape index (κ1) is 14.9. The quantitative estimate of drug-likeness (QED) is 0.826. The molecule has 1 heterocycles. The van der Waals surface area contributed by atoms with E-state index in [0.29, 0.717) is 5.92 Å². The van der Waals surface area contributed by atoms with Gasteiger partial charge < -0.3 is 9.73 Å². The highest BCUT2D eigenvalue weighted by Gasteiger charge is 2.16. The summed E-state index contributed by atoms with van der Waals surface area (Å²) in [5, 5.41) is 3.34. The highest BCUT2D eigenvalue weighted by molar-refractivity contribution is 5.31. The number of rotatable bonds is 6. The summed E-state index contributed by atoms with van der Waals surface area (Å²) in [6.07, 6.45) is 2.11. The van der Waals surface area contributed by atoms with Crippen molar-refractivity contribution in [1.82, 2.24) is 5.32 Å². The van der Waals surface area contributed by atoms with Gasteiger partial charge in [0.15, 0.2) is 0 Å². The number of benzene rings is 1. The number of hydrogen-bond donors (Lipinski definition) is 1. The van der Waals surface area contributed by atoms with Gasteiger partial charge in [-0.2, -0.15) is 0 Å². The third kappa shape index (κ3) is 3.13. The van der Waals surface area contributed by atoms with Crippen LogP contribution in [0.15, 0.2) is 40.8 Å². The van der Waals surface area contributed by atoms with Gasteiger partial charge >= 0.3 is 0 Å². The normalized spacial score (nSPS) is 14.2. The summed E-state index contributed by atoms with van der Waals surface area (Å²) < 4.78 is 5.88.